The van der Waals surface area contributed by atoms with Gasteiger partial charge in [-0.15, -0.1) is 0 Å². The molecule has 0 aliphatic heterocycles. The van der Waals surface area contributed by atoms with Gasteiger partial charge in [-0.2, -0.15) is 5.26 Å². The molecule has 27 heavy (non-hydrogen) atoms. The van der Waals surface area contributed by atoms with Gasteiger partial charge in [0.2, 0.25) is 0 Å². The Morgan fingerprint density at radius 1 is 0.963 bits per heavy atom. The second kappa shape index (κ2) is 9.98. The van der Waals surface area contributed by atoms with E-state index in [4.69, 9.17) is 29.7 Å². The quantitative estimate of drug-likeness (QED) is 0.525. The molecule has 0 atom stereocenters. The summed E-state index contributed by atoms with van der Waals surface area (Å²) in [6, 6.07) is 14.3. The Kier molecular flexibility index (Phi) is 7.68. The van der Waals surface area contributed by atoms with Gasteiger partial charge < -0.3 is 24.4 Å². The molecular weight excluding hydrogens is 343 g/mol. The van der Waals surface area contributed by atoms with E-state index < -0.39 is 7.32 Å². The van der Waals surface area contributed by atoms with E-state index in [0.29, 0.717) is 22.7 Å². The first-order chi connectivity index (χ1) is 12.9. The van der Waals surface area contributed by atoms with Gasteiger partial charge in [-0.3, -0.25) is 0 Å². The predicted molar refractivity (Wildman–Crippen MR) is 105 cm³/mol. The van der Waals surface area contributed by atoms with Crippen LogP contribution in [0.5, 0.6) is 11.5 Å². The molecular formula is C20H25BN2O4. The lowest BCUT2D eigenvalue weighted by Gasteiger charge is -2.19. The summed E-state index contributed by atoms with van der Waals surface area (Å²) in [4.78, 5) is 0. The Hall–Kier alpha value is -2.53. The van der Waals surface area contributed by atoms with E-state index in [1.165, 1.54) is 0 Å². The largest absolute Gasteiger partial charge is 0.640 e. The van der Waals surface area contributed by atoms with Crippen molar-refractivity contribution in [3.8, 4) is 17.6 Å². The summed E-state index contributed by atoms with van der Waals surface area (Å²) in [6.45, 7) is 7.89. The molecule has 0 bridgehead atoms. The van der Waals surface area contributed by atoms with Crippen LogP contribution in [0.1, 0.15) is 38.8 Å². The van der Waals surface area contributed by atoms with Crippen molar-refractivity contribution in [2.24, 2.45) is 0 Å². The lowest BCUT2D eigenvalue weighted by Crippen LogP contribution is -2.32. The maximum atomic E-state index is 8.86. The van der Waals surface area contributed by atoms with Crippen LogP contribution < -0.4 is 10.5 Å². The van der Waals surface area contributed by atoms with Gasteiger partial charge in [0, 0.05) is 23.5 Å². The summed E-state index contributed by atoms with van der Waals surface area (Å²) in [6.07, 6.45) is -0.0608. The zero-order chi connectivity index (χ0) is 19.8. The lowest BCUT2D eigenvalue weighted by molar-refractivity contribution is 0.0461. The van der Waals surface area contributed by atoms with Crippen LogP contribution in [0, 0.1) is 11.3 Å². The minimum absolute atomic E-state index is 0.0304. The van der Waals surface area contributed by atoms with E-state index in [1.807, 2.05) is 33.8 Å². The lowest BCUT2D eigenvalue weighted by atomic mass is 10.1. The van der Waals surface area contributed by atoms with Gasteiger partial charge >= 0.3 is 7.32 Å². The van der Waals surface area contributed by atoms with Gasteiger partial charge in [0.05, 0.1) is 18.2 Å². The molecule has 0 aromatic heterocycles. The van der Waals surface area contributed by atoms with Gasteiger partial charge in [0.15, 0.2) is 0 Å². The molecule has 2 N–H and O–H groups in total. The number of nitrogens with two attached hydrogens (primary N) is 1. The van der Waals surface area contributed by atoms with Crippen LogP contribution in [0.3, 0.4) is 0 Å². The van der Waals surface area contributed by atoms with E-state index in [9.17, 15) is 0 Å². The van der Waals surface area contributed by atoms with Gasteiger partial charge in [0.1, 0.15) is 11.5 Å². The number of benzene rings is 2. The summed E-state index contributed by atoms with van der Waals surface area (Å²) >= 11 is 0. The van der Waals surface area contributed by atoms with Gasteiger partial charge in [0.25, 0.3) is 0 Å². The molecule has 0 saturated carbocycles. The van der Waals surface area contributed by atoms with Crippen LogP contribution in [0.4, 0.5) is 5.69 Å². The van der Waals surface area contributed by atoms with Crippen LogP contribution in [0.25, 0.3) is 0 Å². The minimum Gasteiger partial charge on any atom is -0.457 e. The zero-order valence-corrected chi connectivity index (χ0v) is 16.1. The molecule has 2 aromatic carbocycles. The summed E-state index contributed by atoms with van der Waals surface area (Å²) in [5.74, 6) is 1.26. The second-order valence-corrected chi connectivity index (χ2v) is 6.57. The SMILES string of the molecule is CC(C)OB(OCc1cc(Oc2ccc(C#N)cc2)ccc1N)OC(C)C. The molecule has 6 nitrogen and oxygen atoms in total. The third kappa shape index (κ3) is 6.95. The summed E-state index contributed by atoms with van der Waals surface area (Å²) in [7, 11) is -0.771. The van der Waals surface area contributed by atoms with E-state index in [2.05, 4.69) is 6.07 Å². The number of hydrogen-bond donors (Lipinski definition) is 1. The average molecular weight is 368 g/mol. The first-order valence-corrected chi connectivity index (χ1v) is 8.86. The summed E-state index contributed by atoms with van der Waals surface area (Å²) in [5, 5.41) is 8.86. The molecule has 2 rings (SSSR count). The third-order valence-electron chi connectivity index (χ3n) is 3.48. The van der Waals surface area contributed by atoms with Crippen LogP contribution in [0.2, 0.25) is 0 Å². The van der Waals surface area contributed by atoms with Crippen molar-refractivity contribution in [1.82, 2.24) is 0 Å². The molecule has 0 aliphatic carbocycles. The Balaban J connectivity index is 2.05. The van der Waals surface area contributed by atoms with Gasteiger partial charge in [-0.1, -0.05) is 0 Å². The molecule has 0 aliphatic rings. The summed E-state index contributed by atoms with van der Waals surface area (Å²) in [5.41, 5.74) is 8.00. The Bertz CT molecular complexity index is 763. The normalized spacial score (nSPS) is 10.9. The van der Waals surface area contributed by atoms with Crippen LogP contribution >= 0.6 is 0 Å². The number of anilines is 1. The van der Waals surface area contributed by atoms with Gasteiger partial charge in [-0.05, 0) is 70.2 Å². The van der Waals surface area contributed by atoms with Crippen molar-refractivity contribution < 1.29 is 18.7 Å². The number of nitrogen functional groups attached to an aromatic ring is 1. The molecule has 0 fully saturated rings. The molecule has 142 valence electrons. The van der Waals surface area contributed by atoms with E-state index >= 15 is 0 Å². The minimum atomic E-state index is -0.771. The van der Waals surface area contributed by atoms with E-state index in [1.54, 1.807) is 36.4 Å². The molecule has 0 heterocycles. The maximum Gasteiger partial charge on any atom is 0.640 e. The standard InChI is InChI=1S/C20H25BN2O4/c1-14(2)26-21(27-15(3)4)24-13-17-11-19(9-10-20(17)23)25-18-7-5-16(12-22)6-8-18/h5-11,14-15H,13,23H2,1-4H3. The molecule has 0 saturated heterocycles. The van der Waals surface area contributed by atoms with Crippen molar-refractivity contribution >= 4 is 13.0 Å². The maximum absolute atomic E-state index is 8.86. The number of nitriles is 1. The molecule has 2 aromatic rings. The van der Waals surface area contributed by atoms with Crippen molar-refractivity contribution in [2.45, 2.75) is 46.5 Å². The Morgan fingerprint density at radius 2 is 1.56 bits per heavy atom. The molecule has 0 unspecified atom stereocenters. The third-order valence-corrected chi connectivity index (χ3v) is 3.48. The monoisotopic (exact) mass is 368 g/mol. The first kappa shape index (κ1) is 20.8. The number of nitrogens with zero attached hydrogens (tertiary/aromatic N) is 1. The van der Waals surface area contributed by atoms with Gasteiger partial charge in [-0.25, -0.2) is 0 Å². The molecule has 0 spiro atoms. The Morgan fingerprint density at radius 3 is 2.11 bits per heavy atom. The smallest absolute Gasteiger partial charge is 0.457 e. The fourth-order valence-electron chi connectivity index (χ4n) is 2.22. The zero-order valence-electron chi connectivity index (χ0n) is 16.1. The van der Waals surface area contributed by atoms with Crippen molar-refractivity contribution in [1.29, 1.82) is 5.26 Å². The second-order valence-electron chi connectivity index (χ2n) is 6.57. The number of ether oxygens (including phenoxy) is 1. The first-order valence-electron chi connectivity index (χ1n) is 8.86. The average Bonchev–Trinajstić information content (AvgIpc) is 2.61. The van der Waals surface area contributed by atoms with Crippen molar-refractivity contribution in [3.05, 3.63) is 53.6 Å². The fraction of sp³-hybridized carbons (Fsp3) is 0.350. The molecule has 0 amide bonds. The highest BCUT2D eigenvalue weighted by Gasteiger charge is 2.24. The molecule has 0 radical (unpaired) electrons. The van der Waals surface area contributed by atoms with E-state index in [-0.39, 0.29) is 18.8 Å². The fourth-order valence-corrected chi connectivity index (χ4v) is 2.22. The predicted octanol–water partition coefficient (Wildman–Crippen LogP) is 4.28. The van der Waals surface area contributed by atoms with Crippen LogP contribution in [0.15, 0.2) is 42.5 Å². The summed E-state index contributed by atoms with van der Waals surface area (Å²) < 4.78 is 22.8. The van der Waals surface area contributed by atoms with E-state index in [0.717, 1.165) is 5.56 Å². The van der Waals surface area contributed by atoms with Crippen molar-refractivity contribution in [2.75, 3.05) is 5.73 Å². The molecule has 7 heteroatoms. The number of rotatable bonds is 9. The highest BCUT2D eigenvalue weighted by molar-refractivity contribution is 6.36. The highest BCUT2D eigenvalue weighted by atomic mass is 16.7. The highest BCUT2D eigenvalue weighted by Crippen LogP contribution is 2.26. The van der Waals surface area contributed by atoms with Crippen LogP contribution in [-0.2, 0) is 20.6 Å². The topological polar surface area (TPSA) is 86.7 Å². The number of hydrogen-bond acceptors (Lipinski definition) is 6. The van der Waals surface area contributed by atoms with Crippen LogP contribution in [-0.4, -0.2) is 19.5 Å². The Labute approximate surface area is 161 Å². The van der Waals surface area contributed by atoms with Crippen molar-refractivity contribution in [3.63, 3.8) is 0 Å².